The van der Waals surface area contributed by atoms with Gasteiger partial charge in [-0.25, -0.2) is 4.98 Å². The number of anilines is 1. The summed E-state index contributed by atoms with van der Waals surface area (Å²) in [5.74, 6) is 2.18. The Morgan fingerprint density at radius 2 is 1.86 bits per heavy atom. The van der Waals surface area contributed by atoms with Gasteiger partial charge in [0.05, 0.1) is 0 Å². The van der Waals surface area contributed by atoms with E-state index < -0.39 is 0 Å². The van der Waals surface area contributed by atoms with Crippen LogP contribution in [0.25, 0.3) is 0 Å². The van der Waals surface area contributed by atoms with Crippen molar-refractivity contribution in [3.05, 3.63) is 45.5 Å². The van der Waals surface area contributed by atoms with Crippen molar-refractivity contribution in [3.63, 3.8) is 0 Å². The lowest BCUT2D eigenvalue weighted by atomic mass is 10.1. The molecule has 0 atom stereocenters. The van der Waals surface area contributed by atoms with E-state index in [9.17, 15) is 0 Å². The summed E-state index contributed by atoms with van der Waals surface area (Å²) in [6.07, 6.45) is 5.25. The monoisotopic (exact) mass is 322 g/mol. The Hall–Kier alpha value is -1.39. The lowest BCUT2D eigenvalue weighted by molar-refractivity contribution is 0.654. The van der Waals surface area contributed by atoms with Crippen molar-refractivity contribution >= 4 is 29.2 Å². The van der Waals surface area contributed by atoms with Gasteiger partial charge in [0.25, 0.3) is 0 Å². The van der Waals surface area contributed by atoms with E-state index in [2.05, 4.69) is 15.0 Å². The van der Waals surface area contributed by atoms with Crippen molar-refractivity contribution in [1.82, 2.24) is 15.0 Å². The van der Waals surface area contributed by atoms with E-state index in [0.717, 1.165) is 24.2 Å². The van der Waals surface area contributed by atoms with E-state index >= 15 is 0 Å². The molecule has 0 unspecified atom stereocenters. The quantitative estimate of drug-likeness (QED) is 0.927. The first-order valence-corrected chi connectivity index (χ1v) is 7.81. The highest BCUT2D eigenvalue weighted by molar-refractivity contribution is 6.35. The fraction of sp³-hybridized carbons (Fsp3) is 0.400. The number of nitrogen functional groups attached to an aromatic ring is 1. The molecule has 4 nitrogen and oxygen atoms in total. The molecule has 110 valence electrons. The second kappa shape index (κ2) is 6.16. The van der Waals surface area contributed by atoms with Gasteiger partial charge in [-0.2, -0.15) is 9.97 Å². The van der Waals surface area contributed by atoms with Crippen LogP contribution in [0.3, 0.4) is 0 Å². The number of rotatable bonds is 3. The van der Waals surface area contributed by atoms with Crippen LogP contribution in [-0.4, -0.2) is 15.0 Å². The van der Waals surface area contributed by atoms with Gasteiger partial charge in [0.1, 0.15) is 11.6 Å². The Kier molecular flexibility index (Phi) is 4.27. The van der Waals surface area contributed by atoms with E-state index in [1.165, 1.54) is 12.8 Å². The molecule has 0 amide bonds. The number of hydrogen-bond acceptors (Lipinski definition) is 4. The lowest BCUT2D eigenvalue weighted by Gasteiger charge is -2.10. The van der Waals surface area contributed by atoms with Crippen LogP contribution >= 0.6 is 23.2 Å². The Morgan fingerprint density at radius 3 is 2.57 bits per heavy atom. The van der Waals surface area contributed by atoms with Crippen LogP contribution in [0.15, 0.2) is 18.2 Å². The molecule has 1 saturated carbocycles. The van der Waals surface area contributed by atoms with Gasteiger partial charge in [-0.1, -0.05) is 42.1 Å². The molecule has 1 aliphatic rings. The average molecular weight is 323 g/mol. The molecule has 0 radical (unpaired) electrons. The molecule has 2 aromatic rings. The Balaban J connectivity index is 1.87. The summed E-state index contributed by atoms with van der Waals surface area (Å²) in [5, 5.41) is 1.23. The van der Waals surface area contributed by atoms with Crippen LogP contribution in [-0.2, 0) is 6.42 Å². The van der Waals surface area contributed by atoms with Crippen molar-refractivity contribution < 1.29 is 0 Å². The van der Waals surface area contributed by atoms with E-state index in [0.29, 0.717) is 28.2 Å². The van der Waals surface area contributed by atoms with Gasteiger partial charge < -0.3 is 5.73 Å². The van der Waals surface area contributed by atoms with Gasteiger partial charge in [0, 0.05) is 22.4 Å². The minimum absolute atomic E-state index is 0.284. The number of aromatic nitrogens is 3. The molecule has 2 N–H and O–H groups in total. The first-order chi connectivity index (χ1) is 10.1. The molecule has 6 heteroatoms. The molecule has 21 heavy (non-hydrogen) atoms. The Morgan fingerprint density at radius 1 is 1.10 bits per heavy atom. The second-order valence-corrected chi connectivity index (χ2v) is 6.21. The molecule has 1 aliphatic carbocycles. The van der Waals surface area contributed by atoms with Crippen molar-refractivity contribution in [2.75, 3.05) is 5.73 Å². The first-order valence-electron chi connectivity index (χ1n) is 7.06. The third kappa shape index (κ3) is 3.44. The summed E-state index contributed by atoms with van der Waals surface area (Å²) in [4.78, 5) is 13.1. The molecule has 0 aliphatic heterocycles. The van der Waals surface area contributed by atoms with Gasteiger partial charge in [-0.05, 0) is 30.5 Å². The maximum Gasteiger partial charge on any atom is 0.223 e. The molecule has 1 aromatic carbocycles. The Labute approximate surface area is 133 Å². The van der Waals surface area contributed by atoms with Crippen LogP contribution in [0.1, 0.15) is 48.8 Å². The topological polar surface area (TPSA) is 64.7 Å². The predicted octanol–water partition coefficient (Wildman–Crippen LogP) is 4.01. The molecular weight excluding hydrogens is 307 g/mol. The summed E-state index contributed by atoms with van der Waals surface area (Å²) in [5.41, 5.74) is 6.76. The maximum absolute atomic E-state index is 6.20. The molecule has 0 bridgehead atoms. The van der Waals surface area contributed by atoms with Gasteiger partial charge in [-0.3, -0.25) is 0 Å². The summed E-state index contributed by atoms with van der Waals surface area (Å²) in [6.45, 7) is 0. The zero-order valence-corrected chi connectivity index (χ0v) is 13.0. The number of halogens is 2. The number of nitrogens with zero attached hydrogens (tertiary/aromatic N) is 3. The summed E-state index contributed by atoms with van der Waals surface area (Å²) in [7, 11) is 0. The minimum Gasteiger partial charge on any atom is -0.368 e. The van der Waals surface area contributed by atoms with Gasteiger partial charge in [0.2, 0.25) is 5.95 Å². The normalized spacial score (nSPS) is 15.5. The van der Waals surface area contributed by atoms with E-state index in [1.54, 1.807) is 6.07 Å². The number of nitrogens with two attached hydrogens (primary N) is 1. The molecular formula is C15H16Cl2N4. The fourth-order valence-corrected chi connectivity index (χ4v) is 3.21. The standard InChI is InChI=1S/C15H16Cl2N4/c16-11-6-5-10(12(17)8-11)7-13-19-14(21-15(18)20-13)9-3-1-2-4-9/h5-6,8-9H,1-4,7H2,(H2,18,19,20,21). The van der Waals surface area contributed by atoms with Crippen molar-refractivity contribution in [3.8, 4) is 0 Å². The average Bonchev–Trinajstić information content (AvgIpc) is 2.95. The summed E-state index contributed by atoms with van der Waals surface area (Å²) in [6, 6.07) is 5.42. The minimum atomic E-state index is 0.284. The lowest BCUT2D eigenvalue weighted by Crippen LogP contribution is -2.10. The van der Waals surface area contributed by atoms with Crippen LogP contribution < -0.4 is 5.73 Å². The SMILES string of the molecule is Nc1nc(Cc2ccc(Cl)cc2Cl)nc(C2CCCC2)n1. The fourth-order valence-electron chi connectivity index (χ4n) is 2.74. The smallest absolute Gasteiger partial charge is 0.223 e. The summed E-state index contributed by atoms with van der Waals surface area (Å²) < 4.78 is 0. The number of benzene rings is 1. The second-order valence-electron chi connectivity index (χ2n) is 5.36. The van der Waals surface area contributed by atoms with Gasteiger partial charge in [-0.15, -0.1) is 0 Å². The van der Waals surface area contributed by atoms with E-state index in [4.69, 9.17) is 28.9 Å². The molecule has 1 aromatic heterocycles. The molecule has 3 rings (SSSR count). The molecule has 0 spiro atoms. The molecule has 1 fully saturated rings. The number of hydrogen-bond donors (Lipinski definition) is 1. The maximum atomic E-state index is 6.20. The zero-order valence-electron chi connectivity index (χ0n) is 11.5. The van der Waals surface area contributed by atoms with Crippen LogP contribution in [0, 0.1) is 0 Å². The van der Waals surface area contributed by atoms with Crippen molar-refractivity contribution in [1.29, 1.82) is 0 Å². The third-order valence-corrected chi connectivity index (χ3v) is 4.39. The van der Waals surface area contributed by atoms with E-state index in [1.807, 2.05) is 12.1 Å². The Bertz CT molecular complexity index is 654. The van der Waals surface area contributed by atoms with Crippen LogP contribution in [0.4, 0.5) is 5.95 Å². The van der Waals surface area contributed by atoms with E-state index in [-0.39, 0.29) is 5.95 Å². The van der Waals surface area contributed by atoms with Crippen molar-refractivity contribution in [2.45, 2.75) is 38.0 Å². The largest absolute Gasteiger partial charge is 0.368 e. The van der Waals surface area contributed by atoms with Crippen LogP contribution in [0.5, 0.6) is 0 Å². The van der Waals surface area contributed by atoms with Gasteiger partial charge >= 0.3 is 0 Å². The highest BCUT2D eigenvalue weighted by Crippen LogP contribution is 2.32. The zero-order chi connectivity index (χ0) is 14.8. The van der Waals surface area contributed by atoms with Crippen molar-refractivity contribution in [2.24, 2.45) is 0 Å². The third-order valence-electron chi connectivity index (χ3n) is 3.80. The molecule has 0 saturated heterocycles. The molecule has 1 heterocycles. The van der Waals surface area contributed by atoms with Crippen LogP contribution in [0.2, 0.25) is 10.0 Å². The predicted molar refractivity (Wildman–Crippen MR) is 84.7 cm³/mol. The summed E-state index contributed by atoms with van der Waals surface area (Å²) >= 11 is 12.1. The highest BCUT2D eigenvalue weighted by Gasteiger charge is 2.21. The van der Waals surface area contributed by atoms with Gasteiger partial charge in [0.15, 0.2) is 0 Å². The first kappa shape index (κ1) is 14.5. The highest BCUT2D eigenvalue weighted by atomic mass is 35.5.